The van der Waals surface area contributed by atoms with Crippen LogP contribution in [-0.2, 0) is 16.1 Å². The molecule has 1 aromatic heterocycles. The van der Waals surface area contributed by atoms with Gasteiger partial charge in [0.25, 0.3) is 0 Å². The van der Waals surface area contributed by atoms with E-state index in [1.54, 1.807) is 48.5 Å². The molecular weight excluding hydrogens is 346 g/mol. The highest BCUT2D eigenvalue weighted by atomic mass is 35.5. The number of carbonyl (C=O) groups is 2. The first-order valence-corrected chi connectivity index (χ1v) is 7.96. The lowest BCUT2D eigenvalue weighted by Gasteiger charge is -2.16. The van der Waals surface area contributed by atoms with Crippen LogP contribution in [-0.4, -0.2) is 44.0 Å². The van der Waals surface area contributed by atoms with Crippen LogP contribution in [0.5, 0.6) is 5.75 Å². The second-order valence-electron chi connectivity index (χ2n) is 5.42. The molecule has 0 fully saturated rings. The number of carbonyl (C=O) groups excluding carboxylic acids is 2. The minimum atomic E-state index is -0.276. The molecule has 2 N–H and O–H groups in total. The van der Waals surface area contributed by atoms with Crippen LogP contribution in [0.3, 0.4) is 0 Å². The van der Waals surface area contributed by atoms with E-state index in [9.17, 15) is 9.59 Å². The van der Waals surface area contributed by atoms with Crippen LogP contribution in [0.2, 0.25) is 5.02 Å². The minimum Gasteiger partial charge on any atom is -0.495 e. The minimum absolute atomic E-state index is 0.0455. The number of likely N-dealkylation sites (N-methyl/N-ethyl adjacent to an activating group) is 1. The molecule has 7 nitrogen and oxygen atoms in total. The molecule has 25 heavy (non-hydrogen) atoms. The van der Waals surface area contributed by atoms with Crippen molar-refractivity contribution in [3.63, 3.8) is 0 Å². The topological polar surface area (TPSA) is 83.8 Å². The number of hydrogen-bond acceptors (Lipinski definition) is 5. The fourth-order valence-electron chi connectivity index (χ4n) is 2.17. The van der Waals surface area contributed by atoms with E-state index in [0.717, 1.165) is 0 Å². The SMILES string of the molecule is COc1ccc(Cl)cc1NC(=O)CN(C)CC(=O)NCc1ccco1. The van der Waals surface area contributed by atoms with E-state index in [0.29, 0.717) is 28.8 Å². The molecule has 1 aromatic carbocycles. The number of amides is 2. The van der Waals surface area contributed by atoms with Gasteiger partial charge in [0, 0.05) is 5.02 Å². The van der Waals surface area contributed by atoms with Crippen molar-refractivity contribution in [1.29, 1.82) is 0 Å². The molecule has 0 spiro atoms. The van der Waals surface area contributed by atoms with Crippen LogP contribution in [0.25, 0.3) is 0 Å². The van der Waals surface area contributed by atoms with Crippen molar-refractivity contribution in [1.82, 2.24) is 10.2 Å². The Balaban J connectivity index is 1.79. The van der Waals surface area contributed by atoms with E-state index in [-0.39, 0.29) is 24.9 Å². The second-order valence-corrected chi connectivity index (χ2v) is 5.86. The molecular formula is C17H20ClN3O4. The number of methoxy groups -OCH3 is 1. The monoisotopic (exact) mass is 365 g/mol. The van der Waals surface area contributed by atoms with Crippen LogP contribution in [0.15, 0.2) is 41.0 Å². The van der Waals surface area contributed by atoms with Gasteiger partial charge in [-0.2, -0.15) is 0 Å². The number of nitrogens with one attached hydrogen (secondary N) is 2. The van der Waals surface area contributed by atoms with E-state index < -0.39 is 0 Å². The highest BCUT2D eigenvalue weighted by Crippen LogP contribution is 2.27. The molecule has 0 atom stereocenters. The highest BCUT2D eigenvalue weighted by molar-refractivity contribution is 6.31. The van der Waals surface area contributed by atoms with Gasteiger partial charge in [-0.05, 0) is 37.4 Å². The molecule has 0 aliphatic rings. The molecule has 2 amide bonds. The third-order valence-electron chi connectivity index (χ3n) is 3.30. The van der Waals surface area contributed by atoms with Gasteiger partial charge in [0.05, 0.1) is 38.7 Å². The Hall–Kier alpha value is -2.51. The fraction of sp³-hybridized carbons (Fsp3) is 0.294. The molecule has 0 bridgehead atoms. The Morgan fingerprint density at radius 1 is 1.24 bits per heavy atom. The summed E-state index contributed by atoms with van der Waals surface area (Å²) in [7, 11) is 3.19. The number of anilines is 1. The smallest absolute Gasteiger partial charge is 0.238 e. The number of benzene rings is 1. The molecule has 0 unspecified atom stereocenters. The molecule has 134 valence electrons. The maximum Gasteiger partial charge on any atom is 0.238 e. The van der Waals surface area contributed by atoms with Gasteiger partial charge < -0.3 is 19.8 Å². The zero-order chi connectivity index (χ0) is 18.2. The zero-order valence-electron chi connectivity index (χ0n) is 14.0. The molecule has 2 aromatic rings. The second kappa shape index (κ2) is 9.10. The third-order valence-corrected chi connectivity index (χ3v) is 3.54. The van der Waals surface area contributed by atoms with Gasteiger partial charge in [0.15, 0.2) is 0 Å². The maximum absolute atomic E-state index is 12.1. The predicted octanol–water partition coefficient (Wildman–Crippen LogP) is 2.13. The average molecular weight is 366 g/mol. The summed E-state index contributed by atoms with van der Waals surface area (Å²) < 4.78 is 10.3. The first-order chi connectivity index (χ1) is 12.0. The maximum atomic E-state index is 12.1. The van der Waals surface area contributed by atoms with Gasteiger partial charge in [-0.1, -0.05) is 11.6 Å². The molecule has 8 heteroatoms. The van der Waals surface area contributed by atoms with Gasteiger partial charge in [-0.25, -0.2) is 0 Å². The molecule has 0 saturated heterocycles. The Labute approximate surface area is 150 Å². The van der Waals surface area contributed by atoms with Crippen LogP contribution in [0, 0.1) is 0 Å². The Morgan fingerprint density at radius 3 is 2.68 bits per heavy atom. The van der Waals surface area contributed by atoms with Crippen molar-refractivity contribution in [3.8, 4) is 5.75 Å². The van der Waals surface area contributed by atoms with Crippen molar-refractivity contribution >= 4 is 29.1 Å². The highest BCUT2D eigenvalue weighted by Gasteiger charge is 2.13. The lowest BCUT2D eigenvalue weighted by Crippen LogP contribution is -2.38. The fourth-order valence-corrected chi connectivity index (χ4v) is 2.34. The van der Waals surface area contributed by atoms with Crippen molar-refractivity contribution < 1.29 is 18.7 Å². The summed E-state index contributed by atoms with van der Waals surface area (Å²) in [5, 5.41) is 5.93. The number of ether oxygens (including phenoxy) is 1. The van der Waals surface area contributed by atoms with Gasteiger partial charge in [0.2, 0.25) is 11.8 Å². The Kier molecular flexibility index (Phi) is 6.85. The van der Waals surface area contributed by atoms with E-state index >= 15 is 0 Å². The van der Waals surface area contributed by atoms with Crippen molar-refractivity contribution in [2.24, 2.45) is 0 Å². The standard InChI is InChI=1S/C17H20ClN3O4/c1-21(10-16(22)19-9-13-4-3-7-25-13)11-17(23)20-14-8-12(18)5-6-15(14)24-2/h3-8H,9-11H2,1-2H3,(H,19,22)(H,20,23). The molecule has 0 aliphatic heterocycles. The number of hydrogen-bond donors (Lipinski definition) is 2. The molecule has 0 saturated carbocycles. The lowest BCUT2D eigenvalue weighted by atomic mass is 10.3. The summed E-state index contributed by atoms with van der Waals surface area (Å²) in [5.41, 5.74) is 0.482. The van der Waals surface area contributed by atoms with Gasteiger partial charge in [-0.15, -0.1) is 0 Å². The van der Waals surface area contributed by atoms with E-state index in [4.69, 9.17) is 20.8 Å². The van der Waals surface area contributed by atoms with Gasteiger partial charge in [0.1, 0.15) is 11.5 Å². The molecule has 0 aliphatic carbocycles. The Morgan fingerprint density at radius 2 is 2.00 bits per heavy atom. The Bertz CT molecular complexity index is 719. The third kappa shape index (κ3) is 6.13. The van der Waals surface area contributed by atoms with Crippen LogP contribution in [0.4, 0.5) is 5.69 Å². The first-order valence-electron chi connectivity index (χ1n) is 7.59. The van der Waals surface area contributed by atoms with Gasteiger partial charge >= 0.3 is 0 Å². The first kappa shape index (κ1) is 18.8. The summed E-state index contributed by atoms with van der Waals surface area (Å²) in [4.78, 5) is 25.6. The average Bonchev–Trinajstić information content (AvgIpc) is 3.06. The lowest BCUT2D eigenvalue weighted by molar-refractivity contribution is -0.123. The van der Waals surface area contributed by atoms with Crippen LogP contribution in [0.1, 0.15) is 5.76 Å². The summed E-state index contributed by atoms with van der Waals surface area (Å²) in [6.07, 6.45) is 1.54. The quantitative estimate of drug-likeness (QED) is 0.748. The largest absolute Gasteiger partial charge is 0.495 e. The molecule has 0 radical (unpaired) electrons. The van der Waals surface area contributed by atoms with Crippen molar-refractivity contribution in [3.05, 3.63) is 47.4 Å². The predicted molar refractivity (Wildman–Crippen MR) is 94.7 cm³/mol. The number of halogens is 1. The van der Waals surface area contributed by atoms with E-state index in [1.807, 2.05) is 0 Å². The van der Waals surface area contributed by atoms with Crippen LogP contribution < -0.4 is 15.4 Å². The van der Waals surface area contributed by atoms with E-state index in [1.165, 1.54) is 7.11 Å². The number of furan rings is 1. The summed E-state index contributed by atoms with van der Waals surface area (Å²) in [6, 6.07) is 8.47. The molecule has 2 rings (SSSR count). The van der Waals surface area contributed by atoms with Crippen molar-refractivity contribution in [2.45, 2.75) is 6.54 Å². The number of rotatable bonds is 8. The van der Waals surface area contributed by atoms with Crippen molar-refractivity contribution in [2.75, 3.05) is 32.6 Å². The summed E-state index contributed by atoms with van der Waals surface area (Å²) >= 11 is 5.93. The van der Waals surface area contributed by atoms with Gasteiger partial charge in [-0.3, -0.25) is 14.5 Å². The number of nitrogens with zero attached hydrogens (tertiary/aromatic N) is 1. The van der Waals surface area contributed by atoms with Crippen LogP contribution >= 0.6 is 11.6 Å². The summed E-state index contributed by atoms with van der Waals surface area (Å²) in [6.45, 7) is 0.441. The summed E-state index contributed by atoms with van der Waals surface area (Å²) in [5.74, 6) is 0.701. The normalized spacial score (nSPS) is 10.6. The zero-order valence-corrected chi connectivity index (χ0v) is 14.8. The van der Waals surface area contributed by atoms with E-state index in [2.05, 4.69) is 10.6 Å². The molecule has 1 heterocycles.